The summed E-state index contributed by atoms with van der Waals surface area (Å²) in [4.78, 5) is 24.6. The summed E-state index contributed by atoms with van der Waals surface area (Å²) in [5.74, 6) is -0.821. The van der Waals surface area contributed by atoms with Crippen LogP contribution >= 0.6 is 0 Å². The zero-order chi connectivity index (χ0) is 19.1. The fourth-order valence-corrected chi connectivity index (χ4v) is 2.93. The van der Waals surface area contributed by atoms with Crippen LogP contribution in [0, 0.1) is 0 Å². The third-order valence-electron chi connectivity index (χ3n) is 4.29. The van der Waals surface area contributed by atoms with Crippen molar-refractivity contribution in [3.05, 3.63) is 29.8 Å². The van der Waals surface area contributed by atoms with Crippen LogP contribution in [0.2, 0.25) is 0 Å². The number of urea groups is 1. The molecule has 1 fully saturated rings. The highest BCUT2D eigenvalue weighted by Crippen LogP contribution is 2.25. The van der Waals surface area contributed by atoms with Crippen LogP contribution in [0.15, 0.2) is 24.3 Å². The van der Waals surface area contributed by atoms with E-state index in [1.54, 1.807) is 12.1 Å². The number of halogens is 2. The second-order valence-corrected chi connectivity index (χ2v) is 6.13. The molecule has 1 saturated carbocycles. The molecule has 0 aromatic heterocycles. The van der Waals surface area contributed by atoms with Gasteiger partial charge in [0.15, 0.2) is 0 Å². The van der Waals surface area contributed by atoms with E-state index in [-0.39, 0.29) is 37.0 Å². The van der Waals surface area contributed by atoms with Crippen molar-refractivity contribution in [2.24, 2.45) is 0 Å². The molecule has 0 unspecified atom stereocenters. The number of amides is 2. The standard InChI is InChI=1S/C17H23F2N3O4/c1-2-22(10-15(23)24)13-7-12(8-13)21-17(25)20-9-11-4-3-5-14(6-11)26-16(18)19/h3-6,12-13,16H,2,7-10H2,1H3,(H,23,24)(H2,20,21,25). The maximum atomic E-state index is 12.2. The van der Waals surface area contributed by atoms with Crippen molar-refractivity contribution in [3.8, 4) is 5.75 Å². The van der Waals surface area contributed by atoms with Crippen LogP contribution in [0.25, 0.3) is 0 Å². The molecule has 0 spiro atoms. The van der Waals surface area contributed by atoms with E-state index in [4.69, 9.17) is 5.11 Å². The van der Waals surface area contributed by atoms with Gasteiger partial charge in [0.1, 0.15) is 5.75 Å². The average Bonchev–Trinajstić information content (AvgIpc) is 2.53. The van der Waals surface area contributed by atoms with Gasteiger partial charge < -0.3 is 20.5 Å². The fraction of sp³-hybridized carbons (Fsp3) is 0.529. The minimum atomic E-state index is -2.89. The molecule has 0 atom stereocenters. The molecule has 144 valence electrons. The summed E-state index contributed by atoms with van der Waals surface area (Å²) in [7, 11) is 0. The molecule has 9 heteroatoms. The normalized spacial score (nSPS) is 19.1. The first kappa shape index (κ1) is 19.9. The van der Waals surface area contributed by atoms with E-state index in [0.717, 1.165) is 0 Å². The van der Waals surface area contributed by atoms with Gasteiger partial charge in [0, 0.05) is 18.6 Å². The first-order valence-electron chi connectivity index (χ1n) is 8.41. The van der Waals surface area contributed by atoms with E-state index in [2.05, 4.69) is 15.4 Å². The predicted molar refractivity (Wildman–Crippen MR) is 90.1 cm³/mol. The van der Waals surface area contributed by atoms with Crippen molar-refractivity contribution in [2.75, 3.05) is 13.1 Å². The van der Waals surface area contributed by atoms with E-state index in [1.165, 1.54) is 12.1 Å². The summed E-state index contributed by atoms with van der Waals surface area (Å²) in [6.07, 6.45) is 1.40. The van der Waals surface area contributed by atoms with Crippen LogP contribution in [0.4, 0.5) is 13.6 Å². The van der Waals surface area contributed by atoms with Crippen LogP contribution < -0.4 is 15.4 Å². The van der Waals surface area contributed by atoms with Crippen LogP contribution in [-0.2, 0) is 11.3 Å². The first-order chi connectivity index (χ1) is 12.4. The molecule has 0 radical (unpaired) electrons. The molecule has 7 nitrogen and oxygen atoms in total. The minimum absolute atomic E-state index is 0.00287. The monoisotopic (exact) mass is 371 g/mol. The number of carboxylic acid groups (broad SMARTS) is 1. The molecule has 2 amide bonds. The maximum Gasteiger partial charge on any atom is 0.387 e. The van der Waals surface area contributed by atoms with Crippen molar-refractivity contribution in [2.45, 2.75) is 45.0 Å². The van der Waals surface area contributed by atoms with E-state index < -0.39 is 12.6 Å². The quantitative estimate of drug-likeness (QED) is 0.618. The lowest BCUT2D eigenvalue weighted by Gasteiger charge is -2.42. The van der Waals surface area contributed by atoms with Gasteiger partial charge >= 0.3 is 18.6 Å². The number of nitrogens with one attached hydrogen (secondary N) is 2. The summed E-state index contributed by atoms with van der Waals surface area (Å²) in [6, 6.07) is 5.93. The molecule has 3 N–H and O–H groups in total. The largest absolute Gasteiger partial charge is 0.480 e. The molecule has 1 aromatic carbocycles. The molecule has 0 heterocycles. The molecule has 1 aromatic rings. The molecule has 0 saturated heterocycles. The van der Waals surface area contributed by atoms with Crippen LogP contribution in [0.3, 0.4) is 0 Å². The maximum absolute atomic E-state index is 12.2. The molecule has 0 aliphatic heterocycles. The second-order valence-electron chi connectivity index (χ2n) is 6.13. The summed E-state index contributed by atoms with van der Waals surface area (Å²) in [5.41, 5.74) is 0.642. The van der Waals surface area contributed by atoms with Crippen LogP contribution in [-0.4, -0.2) is 53.8 Å². The molecular weight excluding hydrogens is 348 g/mol. The van der Waals surface area contributed by atoms with Gasteiger partial charge in [-0.3, -0.25) is 9.69 Å². The van der Waals surface area contributed by atoms with Gasteiger partial charge in [0.2, 0.25) is 0 Å². The number of ether oxygens (including phenoxy) is 1. The molecule has 0 bridgehead atoms. The highest BCUT2D eigenvalue weighted by Gasteiger charge is 2.34. The molecule has 26 heavy (non-hydrogen) atoms. The van der Waals surface area contributed by atoms with Gasteiger partial charge in [-0.15, -0.1) is 0 Å². The van der Waals surface area contributed by atoms with Gasteiger partial charge in [-0.2, -0.15) is 8.78 Å². The Morgan fingerprint density at radius 2 is 2.12 bits per heavy atom. The highest BCUT2D eigenvalue weighted by molar-refractivity contribution is 5.74. The number of carbonyl (C=O) groups excluding carboxylic acids is 1. The van der Waals surface area contributed by atoms with Crippen molar-refractivity contribution in [1.82, 2.24) is 15.5 Å². The van der Waals surface area contributed by atoms with Crippen molar-refractivity contribution < 1.29 is 28.2 Å². The fourth-order valence-electron chi connectivity index (χ4n) is 2.93. The minimum Gasteiger partial charge on any atom is -0.480 e. The van der Waals surface area contributed by atoms with Crippen molar-refractivity contribution in [1.29, 1.82) is 0 Å². The van der Waals surface area contributed by atoms with Gasteiger partial charge in [-0.25, -0.2) is 4.79 Å². The topological polar surface area (TPSA) is 90.9 Å². The Kier molecular flexibility index (Phi) is 7.14. The Morgan fingerprint density at radius 3 is 2.73 bits per heavy atom. The number of benzene rings is 1. The van der Waals surface area contributed by atoms with Gasteiger partial charge in [0.25, 0.3) is 0 Å². The number of rotatable bonds is 9. The van der Waals surface area contributed by atoms with Crippen LogP contribution in [0.5, 0.6) is 5.75 Å². The van der Waals surface area contributed by atoms with E-state index in [1.807, 2.05) is 11.8 Å². The molecule has 1 aliphatic carbocycles. The Labute approximate surface area is 150 Å². The van der Waals surface area contributed by atoms with Crippen LogP contribution in [0.1, 0.15) is 25.3 Å². The Morgan fingerprint density at radius 1 is 1.38 bits per heavy atom. The van der Waals surface area contributed by atoms with Gasteiger partial charge in [-0.1, -0.05) is 19.1 Å². The predicted octanol–water partition coefficient (Wildman–Crippen LogP) is 2.02. The van der Waals surface area contributed by atoms with Gasteiger partial charge in [-0.05, 0) is 37.1 Å². The molecular formula is C17H23F2N3O4. The number of carbonyl (C=O) groups is 2. The number of alkyl halides is 2. The third-order valence-corrected chi connectivity index (χ3v) is 4.29. The second kappa shape index (κ2) is 9.33. The van der Waals surface area contributed by atoms with E-state index in [9.17, 15) is 18.4 Å². The number of hydrogen-bond donors (Lipinski definition) is 3. The van der Waals surface area contributed by atoms with E-state index >= 15 is 0 Å². The number of likely N-dealkylation sites (N-methyl/N-ethyl adjacent to an activating group) is 1. The third kappa shape index (κ3) is 6.14. The Bertz CT molecular complexity index is 624. The zero-order valence-electron chi connectivity index (χ0n) is 14.5. The molecule has 2 rings (SSSR count). The summed E-state index contributed by atoms with van der Waals surface area (Å²) >= 11 is 0. The summed E-state index contributed by atoms with van der Waals surface area (Å²) < 4.78 is 28.7. The Hall–Kier alpha value is -2.42. The summed E-state index contributed by atoms with van der Waals surface area (Å²) in [5, 5.41) is 14.4. The van der Waals surface area contributed by atoms with E-state index in [0.29, 0.717) is 24.9 Å². The number of aliphatic carboxylic acids is 1. The smallest absolute Gasteiger partial charge is 0.387 e. The van der Waals surface area contributed by atoms with Crippen molar-refractivity contribution in [3.63, 3.8) is 0 Å². The first-order valence-corrected chi connectivity index (χ1v) is 8.41. The summed E-state index contributed by atoms with van der Waals surface area (Å²) in [6.45, 7) is -0.161. The zero-order valence-corrected chi connectivity index (χ0v) is 14.5. The Balaban J connectivity index is 1.71. The average molecular weight is 371 g/mol. The molecule has 1 aliphatic rings. The SMILES string of the molecule is CCN(CC(=O)O)C1CC(NC(=O)NCc2cccc(OC(F)F)c2)C1. The van der Waals surface area contributed by atoms with Gasteiger partial charge in [0.05, 0.1) is 6.54 Å². The number of hydrogen-bond acceptors (Lipinski definition) is 4. The highest BCUT2D eigenvalue weighted by atomic mass is 19.3. The lowest BCUT2D eigenvalue weighted by molar-refractivity contribution is -0.139. The van der Waals surface area contributed by atoms with Crippen molar-refractivity contribution >= 4 is 12.0 Å². The number of carboxylic acids is 1. The lowest BCUT2D eigenvalue weighted by Crippen LogP contribution is -2.56. The number of nitrogens with zero attached hydrogens (tertiary/aromatic N) is 1. The lowest BCUT2D eigenvalue weighted by atomic mass is 9.85.